The summed E-state index contributed by atoms with van der Waals surface area (Å²) in [7, 11) is 1.59. The van der Waals surface area contributed by atoms with Crippen LogP contribution in [0.15, 0.2) is 27.6 Å². The molecule has 1 aromatic rings. The Morgan fingerprint density at radius 3 is 2.89 bits per heavy atom. The second kappa shape index (κ2) is 5.96. The van der Waals surface area contributed by atoms with Gasteiger partial charge >= 0.3 is 0 Å². The average molecular weight is 343 g/mol. The Kier molecular flexibility index (Phi) is 4.52. The van der Waals surface area contributed by atoms with Crippen molar-refractivity contribution in [2.75, 3.05) is 13.6 Å². The first-order valence-corrected chi connectivity index (χ1v) is 7.29. The van der Waals surface area contributed by atoms with Crippen LogP contribution in [-0.4, -0.2) is 36.3 Å². The molecule has 1 atom stereocenters. The smallest absolute Gasteiger partial charge is 0.255 e. The molecule has 1 heterocycles. The summed E-state index contributed by atoms with van der Waals surface area (Å²) in [6.45, 7) is 0.611. The van der Waals surface area contributed by atoms with E-state index < -0.39 is 0 Å². The fraction of sp³-hybridized carbons (Fsp3) is 0.385. The van der Waals surface area contributed by atoms with Crippen molar-refractivity contribution in [3.05, 3.63) is 28.2 Å². The van der Waals surface area contributed by atoms with Crippen molar-refractivity contribution in [2.45, 2.75) is 23.8 Å². The number of carbonyl (C=O) groups is 2. The molecule has 2 rings (SSSR count). The molecule has 1 aliphatic heterocycles. The van der Waals surface area contributed by atoms with Crippen LogP contribution in [0.5, 0.6) is 0 Å². The summed E-state index contributed by atoms with van der Waals surface area (Å²) in [6.07, 6.45) is 1.56. The van der Waals surface area contributed by atoms with Gasteiger partial charge in [0.05, 0.1) is 5.56 Å². The van der Waals surface area contributed by atoms with Gasteiger partial charge in [0.15, 0.2) is 0 Å². The number of hydrogen-bond donors (Lipinski definition) is 2. The Morgan fingerprint density at radius 2 is 2.21 bits per heavy atom. The highest BCUT2D eigenvalue weighted by Gasteiger charge is 2.34. The van der Waals surface area contributed by atoms with E-state index in [4.69, 9.17) is 0 Å². The van der Waals surface area contributed by atoms with Crippen molar-refractivity contribution in [1.29, 1.82) is 0 Å². The molecule has 2 amide bonds. The van der Waals surface area contributed by atoms with Gasteiger partial charge in [0.25, 0.3) is 5.91 Å². The lowest BCUT2D eigenvalue weighted by atomic mass is 10.1. The summed E-state index contributed by atoms with van der Waals surface area (Å²) in [4.78, 5) is 26.7. The van der Waals surface area contributed by atoms with E-state index in [-0.39, 0.29) is 17.9 Å². The third kappa shape index (κ3) is 2.95. The number of likely N-dealkylation sites (N-methyl/N-ethyl adjacent to an activating group) is 1. The van der Waals surface area contributed by atoms with E-state index in [0.29, 0.717) is 18.5 Å². The van der Waals surface area contributed by atoms with Gasteiger partial charge in [0.1, 0.15) is 6.04 Å². The minimum absolute atomic E-state index is 0.107. The monoisotopic (exact) mass is 342 g/mol. The lowest BCUT2D eigenvalue weighted by molar-refractivity contribution is -0.124. The van der Waals surface area contributed by atoms with Gasteiger partial charge in [0.2, 0.25) is 5.91 Å². The highest BCUT2D eigenvalue weighted by atomic mass is 79.9. The number of nitrogens with one attached hydrogen (secondary N) is 1. The van der Waals surface area contributed by atoms with Gasteiger partial charge in [-0.3, -0.25) is 9.59 Å². The fourth-order valence-electron chi connectivity index (χ4n) is 2.28. The SMILES string of the molecule is CNC(=O)C1CCCN1C(=O)c1cc(S)ccc1Br. The van der Waals surface area contributed by atoms with Gasteiger partial charge in [0, 0.05) is 23.0 Å². The topological polar surface area (TPSA) is 49.4 Å². The van der Waals surface area contributed by atoms with Crippen LogP contribution < -0.4 is 5.32 Å². The van der Waals surface area contributed by atoms with Gasteiger partial charge in [-0.1, -0.05) is 0 Å². The van der Waals surface area contributed by atoms with Crippen molar-refractivity contribution in [1.82, 2.24) is 10.2 Å². The highest BCUT2D eigenvalue weighted by Crippen LogP contribution is 2.26. The lowest BCUT2D eigenvalue weighted by Crippen LogP contribution is -2.45. The maximum absolute atomic E-state index is 12.5. The van der Waals surface area contributed by atoms with E-state index in [2.05, 4.69) is 33.9 Å². The second-order valence-electron chi connectivity index (χ2n) is 4.43. The van der Waals surface area contributed by atoms with E-state index in [9.17, 15) is 9.59 Å². The zero-order valence-electron chi connectivity index (χ0n) is 10.5. The minimum Gasteiger partial charge on any atom is -0.357 e. The zero-order chi connectivity index (χ0) is 14.0. The van der Waals surface area contributed by atoms with Gasteiger partial charge in [-0.25, -0.2) is 0 Å². The third-order valence-corrected chi connectivity index (χ3v) is 4.21. The maximum atomic E-state index is 12.5. The maximum Gasteiger partial charge on any atom is 0.255 e. The lowest BCUT2D eigenvalue weighted by Gasteiger charge is -2.24. The van der Waals surface area contributed by atoms with Crippen LogP contribution in [0.4, 0.5) is 0 Å². The predicted molar refractivity (Wildman–Crippen MR) is 79.5 cm³/mol. The molecule has 1 saturated heterocycles. The summed E-state index contributed by atoms with van der Waals surface area (Å²) >= 11 is 7.62. The molecule has 1 N–H and O–H groups in total. The molecule has 6 heteroatoms. The van der Waals surface area contributed by atoms with E-state index in [1.165, 1.54) is 0 Å². The van der Waals surface area contributed by atoms with Gasteiger partial charge in [-0.15, -0.1) is 12.6 Å². The number of likely N-dealkylation sites (tertiary alicyclic amines) is 1. The molecule has 0 radical (unpaired) electrons. The Balaban J connectivity index is 2.28. The Bertz CT molecular complexity index is 521. The molecule has 1 aliphatic rings. The molecule has 0 saturated carbocycles. The minimum atomic E-state index is -0.368. The van der Waals surface area contributed by atoms with Crippen LogP contribution in [0.1, 0.15) is 23.2 Å². The van der Waals surface area contributed by atoms with Crippen LogP contribution in [0, 0.1) is 0 Å². The molecule has 0 spiro atoms. The first-order chi connectivity index (χ1) is 9.04. The summed E-state index contributed by atoms with van der Waals surface area (Å²) in [5, 5.41) is 2.61. The molecule has 0 aromatic heterocycles. The van der Waals surface area contributed by atoms with Crippen LogP contribution in [0.25, 0.3) is 0 Å². The number of halogens is 1. The van der Waals surface area contributed by atoms with E-state index in [1.807, 2.05) is 6.07 Å². The third-order valence-electron chi connectivity index (χ3n) is 3.24. The first-order valence-electron chi connectivity index (χ1n) is 6.05. The summed E-state index contributed by atoms with van der Waals surface area (Å²) in [5.74, 6) is -0.238. The number of amides is 2. The average Bonchev–Trinajstić information content (AvgIpc) is 2.89. The highest BCUT2D eigenvalue weighted by molar-refractivity contribution is 9.10. The molecule has 1 aromatic carbocycles. The standard InChI is InChI=1S/C13H15BrN2O2S/c1-15-12(17)11-3-2-6-16(11)13(18)9-7-8(19)4-5-10(9)14/h4-5,7,11,19H,2-3,6H2,1H3,(H,15,17). The Hall–Kier alpha value is -1.01. The number of benzene rings is 1. The van der Waals surface area contributed by atoms with Crippen LogP contribution in [0.2, 0.25) is 0 Å². The van der Waals surface area contributed by atoms with Crippen molar-refractivity contribution < 1.29 is 9.59 Å². The molecule has 0 aliphatic carbocycles. The number of thiol groups is 1. The predicted octanol–water partition coefficient (Wildman–Crippen LogP) is 2.09. The van der Waals surface area contributed by atoms with Crippen molar-refractivity contribution in [3.8, 4) is 0 Å². The van der Waals surface area contributed by atoms with Gasteiger partial charge in [-0.05, 0) is 47.0 Å². The summed E-state index contributed by atoms with van der Waals surface area (Å²) in [6, 6.07) is 4.95. The Labute approximate surface area is 126 Å². The first kappa shape index (κ1) is 14.4. The van der Waals surface area contributed by atoms with E-state index in [0.717, 1.165) is 15.8 Å². The molecule has 0 bridgehead atoms. The van der Waals surface area contributed by atoms with Crippen LogP contribution >= 0.6 is 28.6 Å². The van der Waals surface area contributed by atoms with E-state index >= 15 is 0 Å². The number of carbonyl (C=O) groups excluding carboxylic acids is 2. The van der Waals surface area contributed by atoms with Gasteiger partial charge < -0.3 is 10.2 Å². The normalized spacial score (nSPS) is 18.5. The largest absolute Gasteiger partial charge is 0.357 e. The zero-order valence-corrected chi connectivity index (χ0v) is 13.0. The molecule has 19 heavy (non-hydrogen) atoms. The van der Waals surface area contributed by atoms with Crippen molar-refractivity contribution >= 4 is 40.4 Å². The molecule has 102 valence electrons. The van der Waals surface area contributed by atoms with Crippen LogP contribution in [0.3, 0.4) is 0 Å². The van der Waals surface area contributed by atoms with Crippen molar-refractivity contribution in [3.63, 3.8) is 0 Å². The molecule has 1 fully saturated rings. The molecule has 1 unspecified atom stereocenters. The fourth-order valence-corrected chi connectivity index (χ4v) is 2.90. The molecular weight excluding hydrogens is 328 g/mol. The quantitative estimate of drug-likeness (QED) is 0.808. The summed E-state index contributed by atoms with van der Waals surface area (Å²) in [5.41, 5.74) is 0.545. The second-order valence-corrected chi connectivity index (χ2v) is 5.81. The summed E-state index contributed by atoms with van der Waals surface area (Å²) < 4.78 is 0.720. The molecular formula is C13H15BrN2O2S. The van der Waals surface area contributed by atoms with Gasteiger partial charge in [-0.2, -0.15) is 0 Å². The van der Waals surface area contributed by atoms with E-state index in [1.54, 1.807) is 24.1 Å². The Morgan fingerprint density at radius 1 is 1.47 bits per heavy atom. The number of rotatable bonds is 2. The molecule has 4 nitrogen and oxygen atoms in total. The van der Waals surface area contributed by atoms with Crippen molar-refractivity contribution in [2.24, 2.45) is 0 Å². The number of nitrogens with zero attached hydrogens (tertiary/aromatic N) is 1. The van der Waals surface area contributed by atoms with Crippen LogP contribution in [-0.2, 0) is 4.79 Å². The number of hydrogen-bond acceptors (Lipinski definition) is 3.